The summed E-state index contributed by atoms with van der Waals surface area (Å²) in [5.41, 5.74) is 4.44. The zero-order valence-corrected chi connectivity index (χ0v) is 17.3. The Hall–Kier alpha value is -2.44. The zero-order chi connectivity index (χ0) is 19.5. The number of aryl methyl sites for hydroxylation is 2. The van der Waals surface area contributed by atoms with E-state index in [0.717, 1.165) is 43.4 Å². The topological polar surface area (TPSA) is 48.5 Å². The number of fused-ring (bicyclic) bond motifs is 1. The van der Waals surface area contributed by atoms with Crippen LogP contribution in [0.25, 0.3) is 10.2 Å². The van der Waals surface area contributed by atoms with E-state index >= 15 is 0 Å². The molecule has 1 fully saturated rings. The lowest BCUT2D eigenvalue weighted by Crippen LogP contribution is -2.48. The Bertz CT molecular complexity index is 961. The molecule has 0 aliphatic carbocycles. The first kappa shape index (κ1) is 18.9. The Morgan fingerprint density at radius 2 is 1.82 bits per heavy atom. The van der Waals surface area contributed by atoms with Gasteiger partial charge in [0, 0.05) is 44.8 Å². The molecule has 1 aliphatic heterocycles. The van der Waals surface area contributed by atoms with Crippen molar-refractivity contribution < 1.29 is 4.79 Å². The molecule has 6 heteroatoms. The molecule has 1 aliphatic rings. The molecule has 28 heavy (non-hydrogen) atoms. The van der Waals surface area contributed by atoms with Gasteiger partial charge in [-0.05, 0) is 43.2 Å². The largest absolute Gasteiger partial charge is 0.351 e. The molecule has 1 amide bonds. The number of hydrogen-bond acceptors (Lipinski definition) is 5. The van der Waals surface area contributed by atoms with Crippen molar-refractivity contribution in [3.8, 4) is 0 Å². The van der Waals surface area contributed by atoms with Crippen molar-refractivity contribution in [2.75, 3.05) is 44.2 Å². The van der Waals surface area contributed by atoms with Gasteiger partial charge in [0.2, 0.25) is 0 Å². The van der Waals surface area contributed by atoms with Crippen LogP contribution in [0.5, 0.6) is 0 Å². The van der Waals surface area contributed by atoms with Crippen molar-refractivity contribution in [1.29, 1.82) is 0 Å². The molecular weight excluding hydrogens is 368 g/mol. The molecule has 146 valence electrons. The van der Waals surface area contributed by atoms with Gasteiger partial charge in [0.25, 0.3) is 5.91 Å². The van der Waals surface area contributed by atoms with Gasteiger partial charge in [-0.3, -0.25) is 9.69 Å². The summed E-state index contributed by atoms with van der Waals surface area (Å²) in [5.74, 6) is -0.000579. The van der Waals surface area contributed by atoms with E-state index in [2.05, 4.69) is 41.1 Å². The summed E-state index contributed by atoms with van der Waals surface area (Å²) < 4.78 is 1.27. The van der Waals surface area contributed by atoms with Crippen molar-refractivity contribution >= 4 is 32.6 Å². The number of carbonyl (C=O) groups is 1. The number of benzene rings is 2. The first-order chi connectivity index (χ1) is 13.6. The van der Waals surface area contributed by atoms with Crippen LogP contribution in [-0.2, 0) is 0 Å². The van der Waals surface area contributed by atoms with Crippen LogP contribution in [0.4, 0.5) is 5.13 Å². The highest BCUT2D eigenvalue weighted by atomic mass is 32.1. The average Bonchev–Trinajstić information content (AvgIpc) is 3.17. The van der Waals surface area contributed by atoms with Gasteiger partial charge < -0.3 is 10.2 Å². The molecule has 5 nitrogen and oxygen atoms in total. The standard InChI is InChI=1S/C22H26N4OS/c1-16-8-9-19-20(17(16)2)24-22(28-19)26-14-12-25(13-15-26)11-10-23-21(27)18-6-4-3-5-7-18/h3-9H,10-15H2,1-2H3,(H,23,27). The average molecular weight is 395 g/mol. The molecule has 0 bridgehead atoms. The van der Waals surface area contributed by atoms with Gasteiger partial charge in [0.05, 0.1) is 10.2 Å². The Balaban J connectivity index is 1.28. The van der Waals surface area contributed by atoms with Gasteiger partial charge >= 0.3 is 0 Å². The van der Waals surface area contributed by atoms with Crippen LogP contribution in [0.15, 0.2) is 42.5 Å². The fourth-order valence-electron chi connectivity index (χ4n) is 3.53. The number of amides is 1. The zero-order valence-electron chi connectivity index (χ0n) is 16.4. The number of thiazole rings is 1. The van der Waals surface area contributed by atoms with Crippen molar-refractivity contribution in [3.63, 3.8) is 0 Å². The minimum Gasteiger partial charge on any atom is -0.351 e. The lowest BCUT2D eigenvalue weighted by Gasteiger charge is -2.34. The number of carbonyl (C=O) groups excluding carboxylic acids is 1. The third-order valence-electron chi connectivity index (χ3n) is 5.47. The molecule has 1 aromatic heterocycles. The number of rotatable bonds is 5. The van der Waals surface area contributed by atoms with E-state index < -0.39 is 0 Å². The summed E-state index contributed by atoms with van der Waals surface area (Å²) >= 11 is 1.79. The Labute approximate surface area is 170 Å². The summed E-state index contributed by atoms with van der Waals surface area (Å²) in [6.07, 6.45) is 0. The monoisotopic (exact) mass is 394 g/mol. The van der Waals surface area contributed by atoms with E-state index in [1.807, 2.05) is 30.3 Å². The fraction of sp³-hybridized carbons (Fsp3) is 0.364. The molecule has 2 aromatic carbocycles. The van der Waals surface area contributed by atoms with Crippen molar-refractivity contribution in [1.82, 2.24) is 15.2 Å². The predicted octanol–water partition coefficient (Wildman–Crippen LogP) is 3.47. The van der Waals surface area contributed by atoms with Crippen LogP contribution >= 0.6 is 11.3 Å². The summed E-state index contributed by atoms with van der Waals surface area (Å²) in [4.78, 5) is 21.8. The van der Waals surface area contributed by atoms with E-state index in [-0.39, 0.29) is 5.91 Å². The molecule has 1 saturated heterocycles. The molecular formula is C22H26N4OS. The van der Waals surface area contributed by atoms with Crippen LogP contribution in [0, 0.1) is 13.8 Å². The maximum atomic E-state index is 12.1. The number of nitrogens with one attached hydrogen (secondary N) is 1. The quantitative estimate of drug-likeness (QED) is 0.720. The van der Waals surface area contributed by atoms with Crippen LogP contribution in [-0.4, -0.2) is 55.1 Å². The highest BCUT2D eigenvalue weighted by Gasteiger charge is 2.20. The number of hydrogen-bond donors (Lipinski definition) is 1. The second-order valence-corrected chi connectivity index (χ2v) is 8.31. The highest BCUT2D eigenvalue weighted by Crippen LogP contribution is 2.32. The van der Waals surface area contributed by atoms with E-state index in [1.54, 1.807) is 11.3 Å². The Morgan fingerprint density at radius 3 is 2.57 bits per heavy atom. The maximum absolute atomic E-state index is 12.1. The van der Waals surface area contributed by atoms with Gasteiger partial charge in [-0.1, -0.05) is 35.6 Å². The molecule has 3 aromatic rings. The summed E-state index contributed by atoms with van der Waals surface area (Å²) in [7, 11) is 0. The van der Waals surface area contributed by atoms with Crippen molar-refractivity contribution in [3.05, 3.63) is 59.2 Å². The first-order valence-electron chi connectivity index (χ1n) is 9.79. The molecule has 0 spiro atoms. The fourth-order valence-corrected chi connectivity index (χ4v) is 4.61. The third kappa shape index (κ3) is 4.03. The lowest BCUT2D eigenvalue weighted by molar-refractivity contribution is 0.0948. The normalized spacial score (nSPS) is 15.1. The van der Waals surface area contributed by atoms with Crippen LogP contribution in [0.2, 0.25) is 0 Å². The second-order valence-electron chi connectivity index (χ2n) is 7.30. The van der Waals surface area contributed by atoms with E-state index in [9.17, 15) is 4.79 Å². The van der Waals surface area contributed by atoms with Crippen LogP contribution in [0.3, 0.4) is 0 Å². The van der Waals surface area contributed by atoms with Gasteiger partial charge in [0.15, 0.2) is 5.13 Å². The van der Waals surface area contributed by atoms with Crippen LogP contribution < -0.4 is 10.2 Å². The Morgan fingerprint density at radius 1 is 1.07 bits per heavy atom. The number of piperazine rings is 1. The minimum absolute atomic E-state index is 0.000579. The molecule has 0 radical (unpaired) electrons. The molecule has 0 atom stereocenters. The second kappa shape index (κ2) is 8.29. The Kier molecular flexibility index (Phi) is 5.59. The summed E-state index contributed by atoms with van der Waals surface area (Å²) in [5, 5.41) is 4.14. The minimum atomic E-state index is -0.000579. The molecule has 1 N–H and O–H groups in total. The van der Waals surface area contributed by atoms with Gasteiger partial charge in [0.1, 0.15) is 0 Å². The number of anilines is 1. The predicted molar refractivity (Wildman–Crippen MR) is 117 cm³/mol. The lowest BCUT2D eigenvalue weighted by atomic mass is 10.1. The smallest absolute Gasteiger partial charge is 0.251 e. The van der Waals surface area contributed by atoms with Crippen molar-refractivity contribution in [2.45, 2.75) is 13.8 Å². The van der Waals surface area contributed by atoms with Crippen molar-refractivity contribution in [2.24, 2.45) is 0 Å². The first-order valence-corrected chi connectivity index (χ1v) is 10.6. The molecule has 0 saturated carbocycles. The maximum Gasteiger partial charge on any atom is 0.251 e. The molecule has 4 rings (SSSR count). The van der Waals surface area contributed by atoms with Gasteiger partial charge in [-0.15, -0.1) is 0 Å². The van der Waals surface area contributed by atoms with Gasteiger partial charge in [-0.25, -0.2) is 4.98 Å². The summed E-state index contributed by atoms with van der Waals surface area (Å²) in [6, 6.07) is 13.7. The third-order valence-corrected chi connectivity index (χ3v) is 6.55. The number of aromatic nitrogens is 1. The summed E-state index contributed by atoms with van der Waals surface area (Å²) in [6.45, 7) is 9.79. The van der Waals surface area contributed by atoms with E-state index in [1.165, 1.54) is 15.8 Å². The molecule has 2 heterocycles. The highest BCUT2D eigenvalue weighted by molar-refractivity contribution is 7.22. The van der Waals surface area contributed by atoms with E-state index in [4.69, 9.17) is 4.98 Å². The van der Waals surface area contributed by atoms with Gasteiger partial charge in [-0.2, -0.15) is 0 Å². The molecule has 0 unspecified atom stereocenters. The SMILES string of the molecule is Cc1ccc2sc(N3CCN(CCNC(=O)c4ccccc4)CC3)nc2c1C. The van der Waals surface area contributed by atoms with Crippen LogP contribution in [0.1, 0.15) is 21.5 Å². The van der Waals surface area contributed by atoms with E-state index in [0.29, 0.717) is 12.1 Å². The number of nitrogens with zero attached hydrogens (tertiary/aromatic N) is 3.